The first-order valence-electron chi connectivity index (χ1n) is 5.36. The summed E-state index contributed by atoms with van der Waals surface area (Å²) in [6.45, 7) is 3.74. The lowest BCUT2D eigenvalue weighted by atomic mass is 10.2. The van der Waals surface area contributed by atoms with Crippen molar-refractivity contribution >= 4 is 0 Å². The molecule has 0 amide bonds. The molecule has 0 fully saturated rings. The number of benzene rings is 1. The summed E-state index contributed by atoms with van der Waals surface area (Å²) in [5, 5.41) is 4.01. The summed E-state index contributed by atoms with van der Waals surface area (Å²) < 4.78 is 14.7. The van der Waals surface area contributed by atoms with Gasteiger partial charge in [0, 0.05) is 11.1 Å². The Hall–Kier alpha value is -1.97. The molecule has 0 aliphatic carbocycles. The van der Waals surface area contributed by atoms with Crippen LogP contribution in [-0.2, 0) is 6.54 Å². The minimum Gasteiger partial charge on any atom is -0.267 e. The van der Waals surface area contributed by atoms with Gasteiger partial charge in [0.1, 0.15) is 5.82 Å². The van der Waals surface area contributed by atoms with E-state index in [1.165, 1.54) is 10.7 Å². The second-order valence-electron chi connectivity index (χ2n) is 4.01. The number of aryl methyl sites for hydroxylation is 1. The fourth-order valence-corrected chi connectivity index (χ4v) is 1.57. The van der Waals surface area contributed by atoms with Crippen molar-refractivity contribution in [3.05, 3.63) is 63.3 Å². The quantitative estimate of drug-likeness (QED) is 0.794. The van der Waals surface area contributed by atoms with Crippen molar-refractivity contribution in [3.8, 4) is 0 Å². The van der Waals surface area contributed by atoms with Crippen molar-refractivity contribution in [2.24, 2.45) is 0 Å². The lowest BCUT2D eigenvalue weighted by molar-refractivity contribution is 0.569. The fourth-order valence-electron chi connectivity index (χ4n) is 1.57. The summed E-state index contributed by atoms with van der Waals surface area (Å²) in [4.78, 5) is 11.9. The van der Waals surface area contributed by atoms with E-state index in [1.807, 2.05) is 6.92 Å². The van der Waals surface area contributed by atoms with Crippen LogP contribution in [0.3, 0.4) is 0 Å². The molecule has 0 bridgehead atoms. The predicted octanol–water partition coefficient (Wildman–Crippen LogP) is 2.05. The Labute approximate surface area is 98.5 Å². The fraction of sp³-hybridized carbons (Fsp3) is 0.231. The van der Waals surface area contributed by atoms with Gasteiger partial charge in [-0.2, -0.15) is 5.10 Å². The van der Waals surface area contributed by atoms with E-state index in [2.05, 4.69) is 5.10 Å². The van der Waals surface area contributed by atoms with Crippen LogP contribution < -0.4 is 5.56 Å². The van der Waals surface area contributed by atoms with Crippen LogP contribution in [0.15, 0.2) is 35.3 Å². The number of hydrogen-bond donors (Lipinski definition) is 0. The molecule has 2 aromatic rings. The summed E-state index contributed by atoms with van der Waals surface area (Å²) in [5.74, 6) is -0.320. The van der Waals surface area contributed by atoms with Crippen LogP contribution in [0.25, 0.3) is 0 Å². The van der Waals surface area contributed by atoms with Gasteiger partial charge < -0.3 is 0 Å². The number of hydrogen-bond acceptors (Lipinski definition) is 2. The molecular weight excluding hydrogens is 219 g/mol. The van der Waals surface area contributed by atoms with Gasteiger partial charge in [0.05, 0.1) is 12.7 Å². The van der Waals surface area contributed by atoms with Gasteiger partial charge in [-0.25, -0.2) is 9.07 Å². The Morgan fingerprint density at radius 1 is 1.29 bits per heavy atom. The smallest absolute Gasteiger partial charge is 0.267 e. The Balaban J connectivity index is 2.41. The van der Waals surface area contributed by atoms with Crippen LogP contribution >= 0.6 is 0 Å². The molecule has 0 saturated carbocycles. The second kappa shape index (κ2) is 4.49. The molecule has 0 atom stereocenters. The molecule has 0 aliphatic heterocycles. The first-order valence-corrected chi connectivity index (χ1v) is 5.36. The van der Waals surface area contributed by atoms with Crippen LogP contribution in [0.4, 0.5) is 4.39 Å². The lowest BCUT2D eigenvalue weighted by Gasteiger charge is -2.07. The van der Waals surface area contributed by atoms with Crippen molar-refractivity contribution in [2.75, 3.05) is 0 Å². The maximum atomic E-state index is 13.4. The Morgan fingerprint density at radius 3 is 2.71 bits per heavy atom. The Kier molecular flexibility index (Phi) is 3.04. The molecule has 0 N–H and O–H groups in total. The van der Waals surface area contributed by atoms with Crippen LogP contribution in [0, 0.1) is 19.7 Å². The largest absolute Gasteiger partial charge is 0.270 e. The van der Waals surface area contributed by atoms with Crippen LogP contribution in [0.1, 0.15) is 16.7 Å². The van der Waals surface area contributed by atoms with Crippen molar-refractivity contribution in [3.63, 3.8) is 0 Å². The van der Waals surface area contributed by atoms with E-state index in [4.69, 9.17) is 0 Å². The van der Waals surface area contributed by atoms with Gasteiger partial charge in [0.15, 0.2) is 0 Å². The third-order valence-electron chi connectivity index (χ3n) is 2.82. The highest BCUT2D eigenvalue weighted by atomic mass is 19.1. The van der Waals surface area contributed by atoms with E-state index >= 15 is 0 Å². The molecule has 2 rings (SSSR count). The van der Waals surface area contributed by atoms with Gasteiger partial charge in [-0.05, 0) is 25.5 Å². The predicted molar refractivity (Wildman–Crippen MR) is 63.5 cm³/mol. The first kappa shape index (κ1) is 11.5. The van der Waals surface area contributed by atoms with Crippen LogP contribution in [-0.4, -0.2) is 9.78 Å². The molecular formula is C13H13FN2O. The normalized spacial score (nSPS) is 10.5. The van der Waals surface area contributed by atoms with E-state index in [0.717, 1.165) is 5.56 Å². The average Bonchev–Trinajstić information content (AvgIpc) is 2.32. The number of aromatic nitrogens is 2. The highest BCUT2D eigenvalue weighted by Gasteiger charge is 2.07. The number of halogens is 1. The number of nitrogens with zero attached hydrogens (tertiary/aromatic N) is 2. The average molecular weight is 232 g/mol. The van der Waals surface area contributed by atoms with Gasteiger partial charge in [0.25, 0.3) is 5.56 Å². The third-order valence-corrected chi connectivity index (χ3v) is 2.82. The molecule has 1 aromatic heterocycles. The van der Waals surface area contributed by atoms with Gasteiger partial charge in [-0.15, -0.1) is 0 Å². The van der Waals surface area contributed by atoms with E-state index in [1.54, 1.807) is 31.3 Å². The lowest BCUT2D eigenvalue weighted by Crippen LogP contribution is -2.26. The second-order valence-corrected chi connectivity index (χ2v) is 4.01. The van der Waals surface area contributed by atoms with Crippen molar-refractivity contribution in [1.29, 1.82) is 0 Å². The molecule has 3 nitrogen and oxygen atoms in total. The maximum Gasteiger partial charge on any atom is 0.270 e. The van der Waals surface area contributed by atoms with Crippen LogP contribution in [0.5, 0.6) is 0 Å². The van der Waals surface area contributed by atoms with Gasteiger partial charge in [-0.1, -0.05) is 18.2 Å². The van der Waals surface area contributed by atoms with Crippen molar-refractivity contribution in [1.82, 2.24) is 9.78 Å². The zero-order valence-corrected chi connectivity index (χ0v) is 9.77. The molecule has 1 heterocycles. The van der Waals surface area contributed by atoms with E-state index in [-0.39, 0.29) is 17.9 Å². The zero-order valence-electron chi connectivity index (χ0n) is 9.77. The molecule has 17 heavy (non-hydrogen) atoms. The highest BCUT2D eigenvalue weighted by molar-refractivity contribution is 5.20. The molecule has 0 saturated heterocycles. The van der Waals surface area contributed by atoms with E-state index < -0.39 is 0 Å². The standard InChI is InChI=1S/C13H13FN2O/c1-9-7-15-16(13(17)10(9)2)8-11-5-3-4-6-12(11)14/h3-7H,8H2,1-2H3. The zero-order chi connectivity index (χ0) is 12.4. The molecule has 88 valence electrons. The monoisotopic (exact) mass is 232 g/mol. The number of rotatable bonds is 2. The molecule has 0 unspecified atom stereocenters. The molecule has 0 spiro atoms. The SMILES string of the molecule is Cc1cnn(Cc2ccccc2F)c(=O)c1C. The van der Waals surface area contributed by atoms with Gasteiger partial charge in [0.2, 0.25) is 0 Å². The molecule has 4 heteroatoms. The van der Waals surface area contributed by atoms with Crippen LogP contribution in [0.2, 0.25) is 0 Å². The van der Waals surface area contributed by atoms with Gasteiger partial charge in [-0.3, -0.25) is 4.79 Å². The summed E-state index contributed by atoms with van der Waals surface area (Å²) in [7, 11) is 0. The summed E-state index contributed by atoms with van der Waals surface area (Å²) in [6, 6.07) is 6.39. The molecule has 0 aliphatic rings. The maximum absolute atomic E-state index is 13.4. The topological polar surface area (TPSA) is 34.9 Å². The van der Waals surface area contributed by atoms with Gasteiger partial charge >= 0.3 is 0 Å². The Bertz CT molecular complexity index is 605. The van der Waals surface area contributed by atoms with Crippen molar-refractivity contribution in [2.45, 2.75) is 20.4 Å². The highest BCUT2D eigenvalue weighted by Crippen LogP contribution is 2.07. The van der Waals surface area contributed by atoms with E-state index in [0.29, 0.717) is 11.1 Å². The summed E-state index contributed by atoms with van der Waals surface area (Å²) in [6.07, 6.45) is 1.62. The molecule has 1 aromatic carbocycles. The van der Waals surface area contributed by atoms with Crippen molar-refractivity contribution < 1.29 is 4.39 Å². The minimum atomic E-state index is -0.320. The molecule has 0 radical (unpaired) electrons. The summed E-state index contributed by atoms with van der Waals surface area (Å²) >= 11 is 0. The minimum absolute atomic E-state index is 0.159. The first-order chi connectivity index (χ1) is 8.09. The third kappa shape index (κ3) is 2.25. The Morgan fingerprint density at radius 2 is 2.00 bits per heavy atom. The van der Waals surface area contributed by atoms with E-state index in [9.17, 15) is 9.18 Å². The summed E-state index contributed by atoms with van der Waals surface area (Å²) in [5.41, 5.74) is 1.79.